The first-order valence-corrected chi connectivity index (χ1v) is 15.2. The molecule has 1 aliphatic heterocycles. The van der Waals surface area contributed by atoms with E-state index in [9.17, 15) is 33.9 Å². The number of aliphatic hydroxyl groups is 2. The fraction of sp³-hybridized carbons (Fsp3) is 0.381. The van der Waals surface area contributed by atoms with Crippen LogP contribution in [0.2, 0.25) is 5.15 Å². The molecule has 0 bridgehead atoms. The summed E-state index contributed by atoms with van der Waals surface area (Å²) in [5, 5.41) is 38.0. The zero-order valence-corrected chi connectivity index (χ0v) is 22.5. The topological polar surface area (TPSA) is 220 Å². The van der Waals surface area contributed by atoms with Gasteiger partial charge in [0.2, 0.25) is 0 Å². The minimum Gasteiger partial charge on any atom is -0.387 e. The third kappa shape index (κ3) is 6.32. The molecule has 1 saturated heterocycles. The molecule has 6 atom stereocenters. The van der Waals surface area contributed by atoms with Gasteiger partial charge in [-0.2, -0.15) is 10.4 Å². The number of nitriles is 1. The minimum absolute atomic E-state index is 0.0226. The van der Waals surface area contributed by atoms with E-state index in [2.05, 4.69) is 15.4 Å². The van der Waals surface area contributed by atoms with Crippen molar-refractivity contribution in [2.24, 2.45) is 0 Å². The predicted molar refractivity (Wildman–Crippen MR) is 134 cm³/mol. The number of nitrogens with zero attached hydrogens (tertiary/aromatic N) is 4. The smallest absolute Gasteiger partial charge is 0.340 e. The Morgan fingerprint density at radius 3 is 2.62 bits per heavy atom. The van der Waals surface area contributed by atoms with Gasteiger partial charge in [-0.25, -0.2) is 14.1 Å². The summed E-state index contributed by atoms with van der Waals surface area (Å²) in [6.07, 6.45) is -4.80. The van der Waals surface area contributed by atoms with Crippen LogP contribution in [-0.4, -0.2) is 70.5 Å². The molecule has 0 radical (unpaired) electrons. The molecule has 0 spiro atoms. The lowest BCUT2D eigenvalue weighted by Crippen LogP contribution is -2.33. The first-order valence-electron chi connectivity index (χ1n) is 11.2. The minimum atomic E-state index is -4.88. The van der Waals surface area contributed by atoms with E-state index in [1.165, 1.54) is 18.3 Å². The van der Waals surface area contributed by atoms with Crippen molar-refractivity contribution in [1.29, 1.82) is 5.26 Å². The summed E-state index contributed by atoms with van der Waals surface area (Å²) in [6.45, 7) is 0.878. The summed E-state index contributed by atoms with van der Waals surface area (Å²) in [5.74, 6) is -1.91. The highest BCUT2D eigenvalue weighted by Crippen LogP contribution is 2.55. The molecular weight excluding hydrogens is 583 g/mol. The molecule has 3 heterocycles. The van der Waals surface area contributed by atoms with Crippen LogP contribution in [0.5, 0.6) is 0 Å². The summed E-state index contributed by atoms with van der Waals surface area (Å²) in [7, 11) is -9.63. The van der Waals surface area contributed by atoms with E-state index in [-0.39, 0.29) is 27.4 Å². The maximum Gasteiger partial charge on any atom is 0.340 e. The number of hydrogen-bond donors (Lipinski definition) is 6. The quantitative estimate of drug-likeness (QED) is 0.152. The van der Waals surface area contributed by atoms with Gasteiger partial charge in [0.1, 0.15) is 35.8 Å². The van der Waals surface area contributed by atoms with Gasteiger partial charge in [0, 0.05) is 5.56 Å². The van der Waals surface area contributed by atoms with Crippen LogP contribution < -0.4 is 5.32 Å². The molecule has 1 unspecified atom stereocenters. The molecule has 0 amide bonds. The average Bonchev–Trinajstić information content (AvgIpc) is 3.37. The molecular formula is C21H23ClFN5O9P2. The monoisotopic (exact) mass is 605 g/mol. The maximum absolute atomic E-state index is 14.4. The number of hydrogen-bond acceptors (Lipinski definition) is 10. The van der Waals surface area contributed by atoms with Crippen LogP contribution in [0.3, 0.4) is 0 Å². The molecule has 6 N–H and O–H groups in total. The molecule has 39 heavy (non-hydrogen) atoms. The zero-order valence-electron chi connectivity index (χ0n) is 20.0. The highest BCUT2D eigenvalue weighted by molar-refractivity contribution is 7.70. The van der Waals surface area contributed by atoms with Crippen LogP contribution in [0.1, 0.15) is 30.3 Å². The van der Waals surface area contributed by atoms with Crippen LogP contribution in [-0.2, 0) is 18.4 Å². The van der Waals surface area contributed by atoms with Crippen molar-refractivity contribution in [2.45, 2.75) is 37.5 Å². The van der Waals surface area contributed by atoms with Crippen molar-refractivity contribution < 1.29 is 47.7 Å². The standard InChI is InChI=1S/C21H23ClFN5O9P2/c1-10(11-4-2-3-5-14(11)23)26-16-12(6-24)19(22)27-20-13(16)7-25-28(20)21-18(30)17(29)15(37-21)8-36-39(34,35)9-38(31,32)33/h2-5,7,10,15,17-18,21,29-30H,8-9H2,1H3,(H,26,27)(H,34,35)(H2,31,32,33)/t10-,15+,17+,18+,21+/m0/s1. The number of anilines is 1. The molecule has 1 aromatic carbocycles. The number of aliphatic hydroxyl groups excluding tert-OH is 2. The van der Waals surface area contributed by atoms with Crippen molar-refractivity contribution >= 4 is 43.5 Å². The van der Waals surface area contributed by atoms with E-state index in [0.717, 1.165) is 4.68 Å². The molecule has 210 valence electrons. The van der Waals surface area contributed by atoms with E-state index in [1.54, 1.807) is 19.1 Å². The van der Waals surface area contributed by atoms with Gasteiger partial charge >= 0.3 is 15.2 Å². The van der Waals surface area contributed by atoms with Gasteiger partial charge in [-0.3, -0.25) is 9.13 Å². The van der Waals surface area contributed by atoms with Crippen LogP contribution in [0.15, 0.2) is 30.5 Å². The molecule has 4 rings (SSSR count). The van der Waals surface area contributed by atoms with Crippen LogP contribution >= 0.6 is 26.8 Å². The summed E-state index contributed by atoms with van der Waals surface area (Å²) in [5.41, 5.74) is 0.473. The van der Waals surface area contributed by atoms with Crippen molar-refractivity contribution in [2.75, 3.05) is 17.8 Å². The summed E-state index contributed by atoms with van der Waals surface area (Å²) < 4.78 is 48.7. The Hall–Kier alpha value is -2.47. The van der Waals surface area contributed by atoms with Crippen LogP contribution in [0, 0.1) is 17.1 Å². The summed E-state index contributed by atoms with van der Waals surface area (Å²) >= 11 is 6.27. The lowest BCUT2D eigenvalue weighted by molar-refractivity contribution is -0.0541. The lowest BCUT2D eigenvalue weighted by Gasteiger charge is -2.19. The first kappa shape index (κ1) is 29.5. The van der Waals surface area contributed by atoms with Crippen molar-refractivity contribution in [3.8, 4) is 6.07 Å². The molecule has 1 fully saturated rings. The Balaban J connectivity index is 1.63. The molecule has 1 aliphatic rings. The third-order valence-electron chi connectivity index (χ3n) is 5.92. The van der Waals surface area contributed by atoms with Crippen LogP contribution in [0.4, 0.5) is 10.1 Å². The maximum atomic E-state index is 14.4. The van der Waals surface area contributed by atoms with E-state index < -0.39 is 64.1 Å². The lowest BCUT2D eigenvalue weighted by atomic mass is 10.1. The Morgan fingerprint density at radius 2 is 1.97 bits per heavy atom. The molecule has 2 aromatic heterocycles. The number of fused-ring (bicyclic) bond motifs is 1. The highest BCUT2D eigenvalue weighted by atomic mass is 35.5. The molecule has 3 aromatic rings. The summed E-state index contributed by atoms with van der Waals surface area (Å²) in [6, 6.07) is 7.37. The summed E-state index contributed by atoms with van der Waals surface area (Å²) in [4.78, 5) is 31.7. The second-order valence-corrected chi connectivity index (χ2v) is 13.1. The van der Waals surface area contributed by atoms with Crippen molar-refractivity contribution in [3.63, 3.8) is 0 Å². The first-order chi connectivity index (χ1) is 18.2. The molecule has 14 nitrogen and oxygen atoms in total. The van der Waals surface area contributed by atoms with Gasteiger partial charge in [-0.15, -0.1) is 0 Å². The Morgan fingerprint density at radius 1 is 1.28 bits per heavy atom. The van der Waals surface area contributed by atoms with E-state index in [1.807, 2.05) is 6.07 Å². The Labute approximate surface area is 225 Å². The SMILES string of the molecule is C[C@H](Nc1c(C#N)c(Cl)nc2c1cnn2[C@@H]1O[C@H](COP(=O)(O)CP(=O)(O)O)[C@@H](O)[C@H]1O)c1ccccc1F. The van der Waals surface area contributed by atoms with Gasteiger partial charge in [0.25, 0.3) is 0 Å². The number of ether oxygens (including phenoxy) is 1. The van der Waals surface area contributed by atoms with Gasteiger partial charge in [-0.05, 0) is 13.0 Å². The number of halogens is 2. The van der Waals surface area contributed by atoms with Crippen molar-refractivity contribution in [1.82, 2.24) is 14.8 Å². The average molecular weight is 606 g/mol. The van der Waals surface area contributed by atoms with E-state index in [0.29, 0.717) is 5.56 Å². The number of benzene rings is 1. The van der Waals surface area contributed by atoms with E-state index in [4.69, 9.17) is 30.6 Å². The number of aromatic nitrogens is 3. The zero-order chi connectivity index (χ0) is 28.7. The van der Waals surface area contributed by atoms with Crippen LogP contribution in [0.25, 0.3) is 11.0 Å². The Bertz CT molecular complexity index is 1530. The molecule has 0 aliphatic carbocycles. The van der Waals surface area contributed by atoms with Gasteiger partial charge in [0.05, 0.1) is 29.9 Å². The highest BCUT2D eigenvalue weighted by Gasteiger charge is 2.46. The molecule has 18 heteroatoms. The normalized spacial score (nSPS) is 23.9. The predicted octanol–water partition coefficient (Wildman–Crippen LogP) is 2.22. The van der Waals surface area contributed by atoms with E-state index >= 15 is 0 Å². The molecule has 0 saturated carbocycles. The third-order valence-corrected chi connectivity index (χ3v) is 9.65. The number of pyridine rings is 1. The Kier molecular flexibility index (Phi) is 8.47. The number of rotatable bonds is 9. The second-order valence-electron chi connectivity index (χ2n) is 8.76. The van der Waals surface area contributed by atoms with Gasteiger partial charge < -0.3 is 39.5 Å². The van der Waals surface area contributed by atoms with Gasteiger partial charge in [0.15, 0.2) is 22.9 Å². The second kappa shape index (κ2) is 11.2. The largest absolute Gasteiger partial charge is 0.387 e. The van der Waals surface area contributed by atoms with Crippen molar-refractivity contribution in [3.05, 3.63) is 52.6 Å². The van der Waals surface area contributed by atoms with Gasteiger partial charge in [-0.1, -0.05) is 29.8 Å². The fourth-order valence-corrected chi connectivity index (χ4v) is 6.91. The fourth-order valence-electron chi connectivity index (χ4n) is 4.12. The number of nitrogens with one attached hydrogen (secondary N) is 1.